The maximum atomic E-state index is 15.0. The van der Waals surface area contributed by atoms with Gasteiger partial charge in [0, 0.05) is 49.3 Å². The smallest absolute Gasteiger partial charge is 0.425 e. The molecule has 1 aliphatic carbocycles. The minimum absolute atomic E-state index is 0.0202. The lowest BCUT2D eigenvalue weighted by Gasteiger charge is -2.51. The van der Waals surface area contributed by atoms with Gasteiger partial charge in [0.15, 0.2) is 0 Å². The number of benzene rings is 1. The SMILES string of the molecule is CCC[C@H]1N(C(=O)c2ncccc2C(F)(F)F)CCC[C@@]1(Oc1csc(C(F)(F)F)c1)C(=O)N1CCC(O)(c2ccccc2O[C@@H](C)CCC2(C(=O)O)CCC2)CC1. The second kappa shape index (κ2) is 16.7. The Bertz CT molecular complexity index is 1960. The van der Waals surface area contributed by atoms with Crippen molar-refractivity contribution in [1.82, 2.24) is 14.8 Å². The maximum absolute atomic E-state index is 15.0. The highest BCUT2D eigenvalue weighted by Gasteiger charge is 2.57. The molecule has 2 aromatic heterocycles. The minimum Gasteiger partial charge on any atom is -0.490 e. The quantitative estimate of drug-likeness (QED) is 0.164. The third-order valence-corrected chi connectivity index (χ3v) is 12.9. The zero-order valence-electron chi connectivity index (χ0n) is 32.2. The highest BCUT2D eigenvalue weighted by atomic mass is 32.1. The van der Waals surface area contributed by atoms with Crippen molar-refractivity contribution >= 4 is 29.1 Å². The first kappa shape index (κ1) is 43.2. The Morgan fingerprint density at radius 3 is 2.28 bits per heavy atom. The van der Waals surface area contributed by atoms with Gasteiger partial charge in [-0.2, -0.15) is 26.3 Å². The summed E-state index contributed by atoms with van der Waals surface area (Å²) in [4.78, 5) is 46.3. The average molecular weight is 840 g/mol. The van der Waals surface area contributed by atoms with Crippen molar-refractivity contribution in [3.8, 4) is 11.5 Å². The second-order valence-corrected chi connectivity index (χ2v) is 16.6. The number of pyridine rings is 1. The summed E-state index contributed by atoms with van der Waals surface area (Å²) in [5, 5.41) is 23.0. The van der Waals surface area contributed by atoms with Crippen LogP contribution in [-0.2, 0) is 27.5 Å². The number of alkyl halides is 6. The summed E-state index contributed by atoms with van der Waals surface area (Å²) in [5.74, 6) is -2.42. The third-order valence-electron chi connectivity index (χ3n) is 11.9. The van der Waals surface area contributed by atoms with E-state index in [1.54, 1.807) is 31.2 Å². The Kier molecular flexibility index (Phi) is 12.4. The van der Waals surface area contributed by atoms with E-state index in [9.17, 15) is 50.9 Å². The Morgan fingerprint density at radius 1 is 0.966 bits per heavy atom. The molecule has 0 bridgehead atoms. The molecule has 2 saturated heterocycles. The Labute approximate surface area is 336 Å². The Morgan fingerprint density at radius 2 is 1.67 bits per heavy atom. The number of carboxylic acids is 1. The van der Waals surface area contributed by atoms with Crippen molar-refractivity contribution in [1.29, 1.82) is 0 Å². The second-order valence-electron chi connectivity index (χ2n) is 15.7. The number of halogens is 6. The number of carbonyl (C=O) groups excluding carboxylic acids is 2. The fourth-order valence-corrected chi connectivity index (χ4v) is 9.25. The van der Waals surface area contributed by atoms with Crippen LogP contribution in [0.1, 0.15) is 111 Å². The highest BCUT2D eigenvalue weighted by molar-refractivity contribution is 7.10. The lowest BCUT2D eigenvalue weighted by Crippen LogP contribution is -2.68. The zero-order valence-corrected chi connectivity index (χ0v) is 33.0. The number of amides is 2. The molecule has 1 aromatic carbocycles. The third kappa shape index (κ3) is 8.66. The van der Waals surface area contributed by atoms with Crippen molar-refractivity contribution < 1.29 is 60.4 Å². The molecule has 3 aromatic rings. The van der Waals surface area contributed by atoms with E-state index in [1.807, 2.05) is 6.92 Å². The molecule has 6 rings (SSSR count). The lowest BCUT2D eigenvalue weighted by atomic mass is 9.66. The minimum atomic E-state index is -4.92. The van der Waals surface area contributed by atoms with Gasteiger partial charge in [-0.25, -0.2) is 0 Å². The zero-order chi connectivity index (χ0) is 42.1. The number of aromatic nitrogens is 1. The molecule has 2 aliphatic heterocycles. The van der Waals surface area contributed by atoms with Crippen LogP contribution in [0, 0.1) is 5.41 Å². The van der Waals surface area contributed by atoms with E-state index in [-0.39, 0.29) is 63.6 Å². The predicted octanol–water partition coefficient (Wildman–Crippen LogP) is 8.72. The topological polar surface area (TPSA) is 130 Å². The van der Waals surface area contributed by atoms with Crippen molar-refractivity contribution in [2.45, 2.75) is 120 Å². The number of carboxylic acid groups (broad SMARTS) is 1. The number of rotatable bonds is 13. The van der Waals surface area contributed by atoms with Crippen LogP contribution < -0.4 is 9.47 Å². The monoisotopic (exact) mass is 839 g/mol. The predicted molar refractivity (Wildman–Crippen MR) is 200 cm³/mol. The molecule has 17 heteroatoms. The Hall–Kier alpha value is -4.38. The van der Waals surface area contributed by atoms with Gasteiger partial charge in [0.2, 0.25) is 5.60 Å². The summed E-state index contributed by atoms with van der Waals surface area (Å²) in [7, 11) is 0. The molecule has 0 radical (unpaired) electrons. The first-order valence-electron chi connectivity index (χ1n) is 19.5. The summed E-state index contributed by atoms with van der Waals surface area (Å²) in [6, 6.07) is 8.29. The number of aliphatic hydroxyl groups is 1. The van der Waals surface area contributed by atoms with E-state index in [0.29, 0.717) is 54.8 Å². The van der Waals surface area contributed by atoms with Crippen molar-refractivity contribution in [2.75, 3.05) is 19.6 Å². The van der Waals surface area contributed by atoms with Crippen molar-refractivity contribution in [2.24, 2.45) is 5.41 Å². The fourth-order valence-electron chi connectivity index (χ4n) is 8.58. The number of para-hydroxylation sites is 1. The van der Waals surface area contributed by atoms with E-state index in [2.05, 4.69) is 4.98 Å². The number of nitrogens with zero attached hydrogens (tertiary/aromatic N) is 3. The van der Waals surface area contributed by atoms with E-state index >= 15 is 0 Å². The molecule has 0 spiro atoms. The molecule has 2 amide bonds. The number of ether oxygens (including phenoxy) is 2. The molecular weight excluding hydrogens is 793 g/mol. The molecule has 2 N–H and O–H groups in total. The van der Waals surface area contributed by atoms with Crippen LogP contribution in [0.5, 0.6) is 11.5 Å². The molecule has 0 unspecified atom stereocenters. The van der Waals surface area contributed by atoms with Crippen LogP contribution >= 0.6 is 11.3 Å². The average Bonchev–Trinajstić information content (AvgIpc) is 3.64. The van der Waals surface area contributed by atoms with Gasteiger partial charge in [-0.1, -0.05) is 38.0 Å². The fraction of sp³-hybridized carbons (Fsp3) is 0.561. The largest absolute Gasteiger partial charge is 0.490 e. The van der Waals surface area contributed by atoms with Gasteiger partial charge in [-0.3, -0.25) is 19.4 Å². The van der Waals surface area contributed by atoms with Gasteiger partial charge in [0.25, 0.3) is 11.8 Å². The first-order valence-corrected chi connectivity index (χ1v) is 20.4. The molecule has 58 heavy (non-hydrogen) atoms. The van der Waals surface area contributed by atoms with Crippen molar-refractivity contribution in [3.05, 3.63) is 75.7 Å². The van der Waals surface area contributed by atoms with Gasteiger partial charge in [0.05, 0.1) is 28.7 Å². The Balaban J connectivity index is 1.27. The van der Waals surface area contributed by atoms with Crippen LogP contribution in [0.15, 0.2) is 54.0 Å². The molecule has 3 fully saturated rings. The number of thiophene rings is 1. The van der Waals surface area contributed by atoms with Crippen molar-refractivity contribution in [3.63, 3.8) is 0 Å². The number of carbonyl (C=O) groups is 3. The summed E-state index contributed by atoms with van der Waals surface area (Å²) in [6.07, 6.45) is -5.45. The summed E-state index contributed by atoms with van der Waals surface area (Å²) < 4.78 is 96.1. The standard InChI is InChI=1S/C41H47F6N3O7S/c1-3-9-31-39(57-27-24-32(58-25-27)41(45,46)47,16-8-21-50(31)34(51)33-29(40(42,43)44)11-6-20-48-33)35(52)49-22-18-38(55,19-23-49)28-10-4-5-12-30(28)56-26(2)13-17-37(36(53)54)14-7-15-37/h4-6,10-12,20,24-26,31,55H,3,7-9,13-19,21-23H2,1-2H3,(H,53,54)/t26-,31+,39-/m0/s1. The number of hydrogen-bond donors (Lipinski definition) is 2. The van der Waals surface area contributed by atoms with E-state index in [1.165, 1.54) is 4.90 Å². The van der Waals surface area contributed by atoms with Gasteiger partial charge in [-0.15, -0.1) is 11.3 Å². The van der Waals surface area contributed by atoms with E-state index in [4.69, 9.17) is 9.47 Å². The summed E-state index contributed by atoms with van der Waals surface area (Å²) >= 11 is 0.365. The number of piperidine rings is 2. The molecule has 3 aliphatic rings. The van der Waals surface area contributed by atoms with Crippen LogP contribution in [0.4, 0.5) is 26.3 Å². The normalized spacial score (nSPS) is 22.5. The maximum Gasteiger partial charge on any atom is 0.425 e. The van der Waals surface area contributed by atoms with Crippen LogP contribution in [0.25, 0.3) is 0 Å². The van der Waals surface area contributed by atoms with Gasteiger partial charge < -0.3 is 29.5 Å². The van der Waals surface area contributed by atoms with Crippen LogP contribution in [0.2, 0.25) is 0 Å². The molecular formula is C41H47F6N3O7S. The molecule has 4 heterocycles. The van der Waals surface area contributed by atoms with E-state index < -0.39 is 68.9 Å². The van der Waals surface area contributed by atoms with E-state index in [0.717, 1.165) is 41.1 Å². The molecule has 3 atom stereocenters. The summed E-state index contributed by atoms with van der Waals surface area (Å²) in [6.45, 7) is 3.46. The van der Waals surface area contributed by atoms with Gasteiger partial charge in [0.1, 0.15) is 22.1 Å². The molecule has 10 nitrogen and oxygen atoms in total. The van der Waals surface area contributed by atoms with Crippen LogP contribution in [-0.4, -0.2) is 80.2 Å². The summed E-state index contributed by atoms with van der Waals surface area (Å²) in [5.41, 5.74) is -5.87. The number of likely N-dealkylation sites (tertiary alicyclic amines) is 2. The first-order chi connectivity index (χ1) is 27.3. The number of aliphatic carboxylic acids is 1. The molecule has 316 valence electrons. The van der Waals surface area contributed by atoms with Crippen LogP contribution in [0.3, 0.4) is 0 Å². The highest BCUT2D eigenvalue weighted by Crippen LogP contribution is 2.47. The van der Waals surface area contributed by atoms with Gasteiger partial charge >= 0.3 is 18.3 Å². The molecule has 1 saturated carbocycles. The van der Waals surface area contributed by atoms with Gasteiger partial charge in [-0.05, 0) is 76.5 Å². The lowest BCUT2D eigenvalue weighted by molar-refractivity contribution is -0.163. The number of hydrogen-bond acceptors (Lipinski definition) is 8.